The summed E-state index contributed by atoms with van der Waals surface area (Å²) in [5.74, 6) is 2.03. The molecule has 0 bridgehead atoms. The van der Waals surface area contributed by atoms with Crippen molar-refractivity contribution in [1.29, 1.82) is 0 Å². The summed E-state index contributed by atoms with van der Waals surface area (Å²) in [4.78, 5) is 17.9. The fraction of sp³-hybridized carbons (Fsp3) is 0.632. The Morgan fingerprint density at radius 2 is 2.22 bits per heavy atom. The molecular formula is C19H29N5O3. The average molecular weight is 375 g/mol. The molecule has 1 saturated carbocycles. The largest absolute Gasteiger partial charge is 0.491 e. The second-order valence-electron chi connectivity index (χ2n) is 7.53. The molecule has 5 N–H and O–H groups in total. The smallest absolute Gasteiger partial charge is 0.227 e. The number of ether oxygens (including phenoxy) is 2. The second-order valence-corrected chi connectivity index (χ2v) is 7.53. The summed E-state index contributed by atoms with van der Waals surface area (Å²) < 4.78 is 11.2. The third-order valence-electron chi connectivity index (χ3n) is 5.35. The van der Waals surface area contributed by atoms with Crippen LogP contribution in [0.5, 0.6) is 0 Å². The number of aromatic nitrogens is 1. The quantitative estimate of drug-likeness (QED) is 0.539. The molecule has 27 heavy (non-hydrogen) atoms. The molecule has 4 rings (SSSR count). The van der Waals surface area contributed by atoms with Crippen LogP contribution < -0.4 is 16.4 Å². The van der Waals surface area contributed by atoms with Crippen LogP contribution in [0.15, 0.2) is 12.0 Å². The van der Waals surface area contributed by atoms with Crippen molar-refractivity contribution in [3.05, 3.63) is 17.5 Å². The number of nitrogens with one attached hydrogen (secondary N) is 3. The summed E-state index contributed by atoms with van der Waals surface area (Å²) in [5.41, 5.74) is 9.04. The van der Waals surface area contributed by atoms with Gasteiger partial charge in [-0.2, -0.15) is 0 Å². The number of H-pyrrole nitrogens is 1. The summed E-state index contributed by atoms with van der Waals surface area (Å²) in [5, 5.41) is 6.47. The van der Waals surface area contributed by atoms with E-state index < -0.39 is 0 Å². The van der Waals surface area contributed by atoms with Gasteiger partial charge in [-0.05, 0) is 25.7 Å². The van der Waals surface area contributed by atoms with Gasteiger partial charge in [0.1, 0.15) is 18.2 Å². The standard InChI is InChI=1S/C19H29N5O3/c1-26-7-8-27-15-10-22-18-16(17(15)24-6-2-3-13(20)11-24)14(9-21-18)23-19(25)12-4-5-12/h9,12-13,21-22H,2-8,10-11,20H2,1H3,(H,23,25)/t13-/m1/s1. The molecule has 3 aliphatic rings. The Kier molecular flexibility index (Phi) is 5.27. The van der Waals surface area contributed by atoms with Crippen molar-refractivity contribution in [2.24, 2.45) is 11.7 Å². The first-order valence-corrected chi connectivity index (χ1v) is 9.79. The molecule has 1 aliphatic carbocycles. The minimum atomic E-state index is 0.0962. The maximum atomic E-state index is 12.3. The van der Waals surface area contributed by atoms with Crippen LogP contribution in [0.2, 0.25) is 0 Å². The van der Waals surface area contributed by atoms with Gasteiger partial charge < -0.3 is 35.7 Å². The number of anilines is 2. The topological polar surface area (TPSA) is 105 Å². The van der Waals surface area contributed by atoms with E-state index in [1.807, 2.05) is 6.20 Å². The van der Waals surface area contributed by atoms with E-state index in [0.29, 0.717) is 19.8 Å². The number of hydrogen-bond donors (Lipinski definition) is 4. The Bertz CT molecular complexity index is 725. The first-order valence-electron chi connectivity index (χ1n) is 9.79. The van der Waals surface area contributed by atoms with Gasteiger partial charge in [0.2, 0.25) is 5.91 Å². The summed E-state index contributed by atoms with van der Waals surface area (Å²) in [6.45, 7) is 3.32. The highest BCUT2D eigenvalue weighted by molar-refractivity contribution is 5.99. The lowest BCUT2D eigenvalue weighted by molar-refractivity contribution is -0.117. The Morgan fingerprint density at radius 1 is 1.37 bits per heavy atom. The van der Waals surface area contributed by atoms with Crippen molar-refractivity contribution in [1.82, 2.24) is 9.88 Å². The van der Waals surface area contributed by atoms with Crippen molar-refractivity contribution < 1.29 is 14.3 Å². The van der Waals surface area contributed by atoms with Crippen molar-refractivity contribution in [2.75, 3.05) is 50.6 Å². The lowest BCUT2D eigenvalue weighted by Crippen LogP contribution is -2.43. The van der Waals surface area contributed by atoms with Gasteiger partial charge in [0.05, 0.1) is 30.1 Å². The molecule has 2 fully saturated rings. The normalized spacial score (nSPS) is 22.3. The van der Waals surface area contributed by atoms with Crippen LogP contribution in [0, 0.1) is 5.92 Å². The highest BCUT2D eigenvalue weighted by Crippen LogP contribution is 2.40. The van der Waals surface area contributed by atoms with Gasteiger partial charge >= 0.3 is 0 Å². The van der Waals surface area contributed by atoms with E-state index in [1.165, 1.54) is 0 Å². The minimum absolute atomic E-state index is 0.0962. The van der Waals surface area contributed by atoms with Gasteiger partial charge in [-0.25, -0.2) is 0 Å². The molecule has 1 aromatic rings. The molecule has 148 valence electrons. The Labute approximate surface area is 159 Å². The fourth-order valence-electron chi connectivity index (χ4n) is 3.79. The number of piperidine rings is 1. The van der Waals surface area contributed by atoms with Crippen LogP contribution in [0.25, 0.3) is 5.70 Å². The molecule has 0 unspecified atom stereocenters. The molecule has 1 atom stereocenters. The lowest BCUT2D eigenvalue weighted by Gasteiger charge is -2.37. The number of carbonyl (C=O) groups excluding carboxylic acids is 1. The monoisotopic (exact) mass is 375 g/mol. The molecular weight excluding hydrogens is 346 g/mol. The van der Waals surface area contributed by atoms with Crippen LogP contribution >= 0.6 is 0 Å². The van der Waals surface area contributed by atoms with Gasteiger partial charge in [0.25, 0.3) is 0 Å². The Balaban J connectivity index is 1.66. The van der Waals surface area contributed by atoms with E-state index in [1.54, 1.807) is 7.11 Å². The third kappa shape index (κ3) is 3.91. The van der Waals surface area contributed by atoms with E-state index in [2.05, 4.69) is 20.5 Å². The zero-order valence-electron chi connectivity index (χ0n) is 15.8. The van der Waals surface area contributed by atoms with E-state index >= 15 is 0 Å². The molecule has 1 aromatic heterocycles. The SMILES string of the molecule is COCCOC1=C(N2CCC[C@@H](N)C2)c2c(NC(=O)C3CC3)c[nH]c2NC1. The van der Waals surface area contributed by atoms with E-state index in [9.17, 15) is 4.79 Å². The van der Waals surface area contributed by atoms with Crippen LogP contribution in [0.1, 0.15) is 31.2 Å². The van der Waals surface area contributed by atoms with E-state index in [4.69, 9.17) is 15.2 Å². The predicted molar refractivity (Wildman–Crippen MR) is 104 cm³/mol. The number of rotatable bonds is 7. The third-order valence-corrected chi connectivity index (χ3v) is 5.35. The first kappa shape index (κ1) is 18.2. The van der Waals surface area contributed by atoms with Crippen LogP contribution in [0.3, 0.4) is 0 Å². The second kappa shape index (κ2) is 7.82. The number of nitrogens with zero attached hydrogens (tertiary/aromatic N) is 1. The van der Waals surface area contributed by atoms with Gasteiger partial charge in [-0.3, -0.25) is 4.79 Å². The fourth-order valence-corrected chi connectivity index (χ4v) is 3.79. The molecule has 0 radical (unpaired) electrons. The number of fused-ring (bicyclic) bond motifs is 1. The van der Waals surface area contributed by atoms with Gasteiger partial charge in [-0.1, -0.05) is 0 Å². The first-order chi connectivity index (χ1) is 13.2. The van der Waals surface area contributed by atoms with E-state index in [0.717, 1.165) is 67.3 Å². The van der Waals surface area contributed by atoms with Gasteiger partial charge in [0.15, 0.2) is 0 Å². The number of amides is 1. The summed E-state index contributed by atoms with van der Waals surface area (Å²) in [6.07, 6.45) is 5.90. The summed E-state index contributed by atoms with van der Waals surface area (Å²) in [6, 6.07) is 0.147. The number of hydrogen-bond acceptors (Lipinski definition) is 6. The molecule has 2 aliphatic heterocycles. The van der Waals surface area contributed by atoms with Gasteiger partial charge in [-0.15, -0.1) is 0 Å². The number of methoxy groups -OCH3 is 1. The Morgan fingerprint density at radius 3 is 2.96 bits per heavy atom. The lowest BCUT2D eigenvalue weighted by atomic mass is 10.0. The maximum Gasteiger partial charge on any atom is 0.227 e. The van der Waals surface area contributed by atoms with Crippen molar-refractivity contribution in [3.63, 3.8) is 0 Å². The number of nitrogens with two attached hydrogens (primary N) is 1. The highest BCUT2D eigenvalue weighted by atomic mass is 16.5. The summed E-state index contributed by atoms with van der Waals surface area (Å²) >= 11 is 0. The van der Waals surface area contributed by atoms with Crippen molar-refractivity contribution in [2.45, 2.75) is 31.7 Å². The van der Waals surface area contributed by atoms with Gasteiger partial charge in [0, 0.05) is 38.4 Å². The van der Waals surface area contributed by atoms with Crippen LogP contribution in [-0.2, 0) is 14.3 Å². The van der Waals surface area contributed by atoms with Crippen LogP contribution in [0.4, 0.5) is 11.5 Å². The zero-order chi connectivity index (χ0) is 18.8. The molecule has 1 saturated heterocycles. The Hall–Kier alpha value is -2.19. The minimum Gasteiger partial charge on any atom is -0.491 e. The average Bonchev–Trinajstić information content (AvgIpc) is 3.44. The predicted octanol–water partition coefficient (Wildman–Crippen LogP) is 1.54. The molecule has 8 heteroatoms. The molecule has 0 spiro atoms. The van der Waals surface area contributed by atoms with Crippen molar-refractivity contribution >= 4 is 23.1 Å². The van der Waals surface area contributed by atoms with Crippen LogP contribution in [-0.4, -0.2) is 61.8 Å². The number of aromatic amines is 1. The number of carbonyl (C=O) groups is 1. The molecule has 1 amide bonds. The summed E-state index contributed by atoms with van der Waals surface area (Å²) in [7, 11) is 1.66. The highest BCUT2D eigenvalue weighted by Gasteiger charge is 2.34. The zero-order valence-corrected chi connectivity index (χ0v) is 15.8. The van der Waals surface area contributed by atoms with E-state index in [-0.39, 0.29) is 17.9 Å². The molecule has 8 nitrogen and oxygen atoms in total. The maximum absolute atomic E-state index is 12.3. The molecule has 3 heterocycles. The number of likely N-dealkylation sites (tertiary alicyclic amines) is 1. The van der Waals surface area contributed by atoms with Crippen molar-refractivity contribution in [3.8, 4) is 0 Å². The molecule has 0 aromatic carbocycles.